The van der Waals surface area contributed by atoms with Crippen molar-refractivity contribution in [1.82, 2.24) is 14.9 Å². The summed E-state index contributed by atoms with van der Waals surface area (Å²) in [4.78, 5) is 23.6. The maximum atomic E-state index is 13.7. The first-order chi connectivity index (χ1) is 15.1. The SMILES string of the molecule is Cc1c(F)cccc1NC(=O)CN1CCC(c2cccc(Nc3ccccn3)n2)CC1. The summed E-state index contributed by atoms with van der Waals surface area (Å²) >= 11 is 0. The second-order valence-electron chi connectivity index (χ2n) is 7.80. The van der Waals surface area contributed by atoms with E-state index >= 15 is 0 Å². The average Bonchev–Trinajstić information content (AvgIpc) is 2.78. The Kier molecular flexibility index (Phi) is 6.52. The number of aromatic nitrogens is 2. The normalized spacial score (nSPS) is 14.9. The minimum atomic E-state index is -0.314. The summed E-state index contributed by atoms with van der Waals surface area (Å²) in [6.45, 7) is 3.61. The number of carbonyl (C=O) groups is 1. The van der Waals surface area contributed by atoms with Gasteiger partial charge in [-0.05, 0) is 69.3 Å². The van der Waals surface area contributed by atoms with Gasteiger partial charge >= 0.3 is 0 Å². The topological polar surface area (TPSA) is 70.2 Å². The van der Waals surface area contributed by atoms with Gasteiger partial charge in [0.1, 0.15) is 17.5 Å². The summed E-state index contributed by atoms with van der Waals surface area (Å²) in [6, 6.07) is 16.4. The lowest BCUT2D eigenvalue weighted by atomic mass is 9.93. The third kappa shape index (κ3) is 5.44. The van der Waals surface area contributed by atoms with Crippen molar-refractivity contribution in [3.8, 4) is 0 Å². The lowest BCUT2D eigenvalue weighted by Crippen LogP contribution is -2.39. The lowest BCUT2D eigenvalue weighted by molar-refractivity contribution is -0.117. The van der Waals surface area contributed by atoms with Crippen LogP contribution in [0.25, 0.3) is 0 Å². The van der Waals surface area contributed by atoms with Gasteiger partial charge in [-0.15, -0.1) is 0 Å². The standard InChI is InChI=1S/C24H26FN5O/c1-17-19(25)6-4-7-20(17)28-24(31)16-30-14-11-18(12-15-30)21-8-5-10-23(27-21)29-22-9-2-3-13-26-22/h2-10,13,18H,11-12,14-16H2,1H3,(H,28,31)(H,26,27,29). The maximum Gasteiger partial charge on any atom is 0.238 e. The Labute approximate surface area is 181 Å². The number of hydrogen-bond donors (Lipinski definition) is 2. The third-order valence-corrected chi connectivity index (χ3v) is 5.61. The molecule has 0 radical (unpaired) electrons. The van der Waals surface area contributed by atoms with Gasteiger partial charge in [-0.1, -0.05) is 18.2 Å². The zero-order valence-electron chi connectivity index (χ0n) is 17.5. The van der Waals surface area contributed by atoms with Crippen LogP contribution in [-0.4, -0.2) is 40.4 Å². The van der Waals surface area contributed by atoms with Crippen LogP contribution in [0.1, 0.15) is 30.0 Å². The van der Waals surface area contributed by atoms with Crippen LogP contribution < -0.4 is 10.6 Å². The minimum absolute atomic E-state index is 0.119. The average molecular weight is 420 g/mol. The van der Waals surface area contributed by atoms with Crippen LogP contribution in [0.4, 0.5) is 21.7 Å². The molecular formula is C24H26FN5O. The van der Waals surface area contributed by atoms with Gasteiger partial charge in [-0.3, -0.25) is 9.69 Å². The fraction of sp³-hybridized carbons (Fsp3) is 0.292. The Morgan fingerprint density at radius 1 is 1.06 bits per heavy atom. The lowest BCUT2D eigenvalue weighted by Gasteiger charge is -2.31. The number of halogens is 1. The Morgan fingerprint density at radius 3 is 2.61 bits per heavy atom. The van der Waals surface area contributed by atoms with Crippen LogP contribution in [-0.2, 0) is 4.79 Å². The number of likely N-dealkylation sites (tertiary alicyclic amines) is 1. The molecule has 0 saturated carbocycles. The number of carbonyl (C=O) groups excluding carboxylic acids is 1. The van der Waals surface area contributed by atoms with Crippen molar-refractivity contribution in [3.05, 3.63) is 77.9 Å². The first-order valence-electron chi connectivity index (χ1n) is 10.5. The highest BCUT2D eigenvalue weighted by Gasteiger charge is 2.23. The molecule has 6 nitrogen and oxygen atoms in total. The monoisotopic (exact) mass is 419 g/mol. The number of rotatable bonds is 6. The molecule has 2 N–H and O–H groups in total. The van der Waals surface area contributed by atoms with Crippen LogP contribution in [0, 0.1) is 12.7 Å². The Morgan fingerprint density at radius 2 is 1.84 bits per heavy atom. The fourth-order valence-electron chi connectivity index (χ4n) is 3.84. The number of anilines is 3. The predicted molar refractivity (Wildman–Crippen MR) is 120 cm³/mol. The van der Waals surface area contributed by atoms with Crippen molar-refractivity contribution in [2.24, 2.45) is 0 Å². The van der Waals surface area contributed by atoms with Crippen molar-refractivity contribution in [2.75, 3.05) is 30.3 Å². The van der Waals surface area contributed by atoms with Crippen molar-refractivity contribution in [3.63, 3.8) is 0 Å². The van der Waals surface area contributed by atoms with Crippen LogP contribution >= 0.6 is 0 Å². The number of piperidine rings is 1. The van der Waals surface area contributed by atoms with E-state index in [1.165, 1.54) is 6.07 Å². The molecule has 1 saturated heterocycles. The molecule has 1 amide bonds. The molecule has 31 heavy (non-hydrogen) atoms. The molecule has 0 bridgehead atoms. The molecule has 3 aromatic rings. The molecule has 2 aromatic heterocycles. The predicted octanol–water partition coefficient (Wildman–Crippen LogP) is 4.49. The maximum absolute atomic E-state index is 13.7. The summed E-state index contributed by atoms with van der Waals surface area (Å²) in [7, 11) is 0. The fourth-order valence-corrected chi connectivity index (χ4v) is 3.84. The van der Waals surface area contributed by atoms with Crippen LogP contribution in [0.3, 0.4) is 0 Å². The van der Waals surface area contributed by atoms with Crippen LogP contribution in [0.15, 0.2) is 60.8 Å². The molecule has 1 aliphatic rings. The van der Waals surface area contributed by atoms with Gasteiger partial charge in [-0.25, -0.2) is 14.4 Å². The molecular weight excluding hydrogens is 393 g/mol. The number of amides is 1. The molecule has 1 aliphatic heterocycles. The van der Waals surface area contributed by atoms with Crippen LogP contribution in [0.5, 0.6) is 0 Å². The van der Waals surface area contributed by atoms with Crippen molar-refractivity contribution in [2.45, 2.75) is 25.7 Å². The number of nitrogens with one attached hydrogen (secondary N) is 2. The number of hydrogen-bond acceptors (Lipinski definition) is 5. The summed E-state index contributed by atoms with van der Waals surface area (Å²) in [6.07, 6.45) is 3.62. The zero-order valence-corrected chi connectivity index (χ0v) is 17.5. The molecule has 0 atom stereocenters. The number of nitrogens with zero attached hydrogens (tertiary/aromatic N) is 3. The highest BCUT2D eigenvalue weighted by Crippen LogP contribution is 2.28. The summed E-state index contributed by atoms with van der Waals surface area (Å²) < 4.78 is 13.7. The van der Waals surface area contributed by atoms with Gasteiger partial charge in [0.05, 0.1) is 6.54 Å². The van der Waals surface area contributed by atoms with Gasteiger partial charge in [0.2, 0.25) is 5.91 Å². The molecule has 160 valence electrons. The van der Waals surface area contributed by atoms with Gasteiger partial charge in [0.25, 0.3) is 0 Å². The van der Waals surface area contributed by atoms with Gasteiger partial charge in [0.15, 0.2) is 0 Å². The van der Waals surface area contributed by atoms with E-state index in [9.17, 15) is 9.18 Å². The van der Waals surface area contributed by atoms with E-state index in [2.05, 4.69) is 26.6 Å². The molecule has 0 aliphatic carbocycles. The summed E-state index contributed by atoms with van der Waals surface area (Å²) in [5.41, 5.74) is 2.04. The quantitative estimate of drug-likeness (QED) is 0.616. The molecule has 4 rings (SSSR count). The second kappa shape index (κ2) is 9.66. The van der Waals surface area contributed by atoms with Gasteiger partial charge in [-0.2, -0.15) is 0 Å². The van der Waals surface area contributed by atoms with E-state index in [4.69, 9.17) is 4.98 Å². The van der Waals surface area contributed by atoms with Gasteiger partial charge in [0, 0.05) is 29.1 Å². The Bertz CT molecular complexity index is 1040. The molecule has 7 heteroatoms. The van der Waals surface area contributed by atoms with E-state index in [0.29, 0.717) is 23.7 Å². The Hall–Kier alpha value is -3.32. The van der Waals surface area contributed by atoms with Crippen molar-refractivity contribution >= 4 is 23.2 Å². The first kappa shape index (κ1) is 20.9. The van der Waals surface area contributed by atoms with E-state index in [-0.39, 0.29) is 11.7 Å². The third-order valence-electron chi connectivity index (χ3n) is 5.61. The van der Waals surface area contributed by atoms with E-state index < -0.39 is 0 Å². The van der Waals surface area contributed by atoms with Gasteiger partial charge < -0.3 is 10.6 Å². The summed E-state index contributed by atoms with van der Waals surface area (Å²) in [5.74, 6) is 1.47. The molecule has 1 aromatic carbocycles. The highest BCUT2D eigenvalue weighted by atomic mass is 19.1. The first-order valence-corrected chi connectivity index (χ1v) is 10.5. The number of benzene rings is 1. The van der Waals surface area contributed by atoms with E-state index in [1.54, 1.807) is 25.3 Å². The molecule has 0 unspecified atom stereocenters. The molecule has 3 heterocycles. The summed E-state index contributed by atoms with van der Waals surface area (Å²) in [5, 5.41) is 6.06. The Balaban J connectivity index is 1.30. The smallest absolute Gasteiger partial charge is 0.238 e. The van der Waals surface area contributed by atoms with Crippen LogP contribution in [0.2, 0.25) is 0 Å². The largest absolute Gasteiger partial charge is 0.325 e. The highest BCUT2D eigenvalue weighted by molar-refractivity contribution is 5.93. The zero-order chi connectivity index (χ0) is 21.6. The van der Waals surface area contributed by atoms with E-state index in [1.807, 2.05) is 30.3 Å². The van der Waals surface area contributed by atoms with Crippen molar-refractivity contribution in [1.29, 1.82) is 0 Å². The number of pyridine rings is 2. The molecule has 1 fully saturated rings. The minimum Gasteiger partial charge on any atom is -0.325 e. The second-order valence-corrected chi connectivity index (χ2v) is 7.80. The molecule has 0 spiro atoms. The van der Waals surface area contributed by atoms with Crippen molar-refractivity contribution < 1.29 is 9.18 Å². The van der Waals surface area contributed by atoms with E-state index in [0.717, 1.165) is 43.3 Å².